The van der Waals surface area contributed by atoms with E-state index in [9.17, 15) is 24.5 Å². The van der Waals surface area contributed by atoms with E-state index in [1.165, 1.54) is 14.2 Å². The Balaban J connectivity index is 1.81. The summed E-state index contributed by atoms with van der Waals surface area (Å²) in [5.41, 5.74) is 0.764. The predicted molar refractivity (Wildman–Crippen MR) is 105 cm³/mol. The molecule has 30 heavy (non-hydrogen) atoms. The van der Waals surface area contributed by atoms with Crippen molar-refractivity contribution in [2.45, 2.75) is 26.3 Å². The first-order valence-corrected chi connectivity index (χ1v) is 9.52. The molecule has 2 rings (SSSR count). The SMILES string of the molecule is COc1ccc(CNC(=O)COC(=O)C[C@H]2C(=O)C[C@H](C)[C@H]2C[N+](=O)[O-])cc1OC. The number of nitro groups is 1. The van der Waals surface area contributed by atoms with E-state index in [-0.39, 0.29) is 37.6 Å². The minimum atomic E-state index is -0.743. The fourth-order valence-corrected chi connectivity index (χ4v) is 3.63. The van der Waals surface area contributed by atoms with Gasteiger partial charge in [-0.2, -0.15) is 0 Å². The molecule has 0 unspecified atom stereocenters. The number of ketones is 1. The van der Waals surface area contributed by atoms with Gasteiger partial charge in [0.25, 0.3) is 5.91 Å². The molecule has 0 spiro atoms. The number of carbonyl (C=O) groups is 3. The van der Waals surface area contributed by atoms with Crippen LogP contribution in [0.2, 0.25) is 0 Å². The van der Waals surface area contributed by atoms with E-state index < -0.39 is 35.2 Å². The molecule has 1 aromatic rings. The van der Waals surface area contributed by atoms with Crippen LogP contribution >= 0.6 is 0 Å². The van der Waals surface area contributed by atoms with Crippen LogP contribution in [0.15, 0.2) is 18.2 Å². The summed E-state index contributed by atoms with van der Waals surface area (Å²) in [6.45, 7) is 1.10. The van der Waals surface area contributed by atoms with E-state index in [2.05, 4.69) is 5.32 Å². The van der Waals surface area contributed by atoms with Crippen LogP contribution in [-0.2, 0) is 25.7 Å². The molecule has 1 fully saturated rings. The van der Waals surface area contributed by atoms with Crippen LogP contribution in [0, 0.1) is 27.9 Å². The molecule has 1 amide bonds. The fraction of sp³-hybridized carbons (Fsp3) is 0.550. The minimum absolute atomic E-state index is 0.162. The summed E-state index contributed by atoms with van der Waals surface area (Å²) in [7, 11) is 3.03. The maximum absolute atomic E-state index is 12.1. The van der Waals surface area contributed by atoms with Crippen LogP contribution in [-0.4, -0.2) is 50.0 Å². The van der Waals surface area contributed by atoms with Gasteiger partial charge >= 0.3 is 5.97 Å². The first-order valence-electron chi connectivity index (χ1n) is 9.52. The number of nitrogens with one attached hydrogen (secondary N) is 1. The zero-order valence-electron chi connectivity index (χ0n) is 17.2. The molecule has 10 heteroatoms. The third kappa shape index (κ3) is 6.16. The van der Waals surface area contributed by atoms with Crippen molar-refractivity contribution in [3.63, 3.8) is 0 Å². The number of benzene rings is 1. The average molecular weight is 422 g/mol. The molecule has 0 aliphatic heterocycles. The van der Waals surface area contributed by atoms with Crippen molar-refractivity contribution < 1.29 is 33.5 Å². The molecule has 0 saturated heterocycles. The maximum atomic E-state index is 12.1. The lowest BCUT2D eigenvalue weighted by Crippen LogP contribution is -2.30. The number of rotatable bonds is 10. The zero-order valence-corrected chi connectivity index (χ0v) is 17.2. The van der Waals surface area contributed by atoms with Crippen LogP contribution in [0.25, 0.3) is 0 Å². The van der Waals surface area contributed by atoms with Gasteiger partial charge in [0.2, 0.25) is 6.54 Å². The number of nitrogens with zero attached hydrogens (tertiary/aromatic N) is 1. The Labute approximate surface area is 174 Å². The molecule has 1 aliphatic carbocycles. The van der Waals surface area contributed by atoms with Gasteiger partial charge in [0.05, 0.1) is 20.6 Å². The summed E-state index contributed by atoms with van der Waals surface area (Å²) in [4.78, 5) is 46.5. The van der Waals surface area contributed by atoms with Crippen molar-refractivity contribution in [1.82, 2.24) is 5.32 Å². The summed E-state index contributed by atoms with van der Waals surface area (Å²) in [5, 5.41) is 13.4. The molecule has 0 bridgehead atoms. The highest BCUT2D eigenvalue weighted by molar-refractivity contribution is 5.88. The van der Waals surface area contributed by atoms with Gasteiger partial charge in [0.15, 0.2) is 18.1 Å². The second kappa shape index (κ2) is 10.6. The molecule has 1 saturated carbocycles. The van der Waals surface area contributed by atoms with Crippen molar-refractivity contribution in [1.29, 1.82) is 0 Å². The Morgan fingerprint density at radius 3 is 2.57 bits per heavy atom. The summed E-state index contributed by atoms with van der Waals surface area (Å²) in [6, 6.07) is 5.19. The number of hydrogen-bond donors (Lipinski definition) is 1. The molecule has 0 aromatic heterocycles. The highest BCUT2D eigenvalue weighted by Gasteiger charge is 2.44. The number of esters is 1. The second-order valence-electron chi connectivity index (χ2n) is 7.26. The Morgan fingerprint density at radius 2 is 1.93 bits per heavy atom. The number of hydrogen-bond acceptors (Lipinski definition) is 8. The van der Waals surface area contributed by atoms with Crippen LogP contribution in [0.3, 0.4) is 0 Å². The van der Waals surface area contributed by atoms with Gasteiger partial charge in [-0.15, -0.1) is 0 Å². The molecular formula is C20H26N2O8. The third-order valence-corrected chi connectivity index (χ3v) is 5.23. The quantitative estimate of drug-likeness (QED) is 0.339. The lowest BCUT2D eigenvalue weighted by Gasteiger charge is -2.17. The monoisotopic (exact) mass is 422 g/mol. The van der Waals surface area contributed by atoms with Crippen molar-refractivity contribution in [2.24, 2.45) is 17.8 Å². The van der Waals surface area contributed by atoms with Crippen LogP contribution < -0.4 is 14.8 Å². The Morgan fingerprint density at radius 1 is 1.23 bits per heavy atom. The normalized spacial score (nSPS) is 20.5. The van der Waals surface area contributed by atoms with Crippen LogP contribution in [0.1, 0.15) is 25.3 Å². The standard InChI is InChI=1S/C20H26N2O8/c1-12-6-16(23)14(15(12)10-22(26)27)8-20(25)30-11-19(24)21-9-13-4-5-17(28-2)18(7-13)29-3/h4-5,7,12,14-15H,6,8-11H2,1-3H3,(H,21,24)/t12-,14+,15+/m0/s1. The molecule has 0 radical (unpaired) electrons. The van der Waals surface area contributed by atoms with Crippen LogP contribution in [0.5, 0.6) is 11.5 Å². The highest BCUT2D eigenvalue weighted by atomic mass is 16.6. The molecule has 10 nitrogen and oxygen atoms in total. The van der Waals surface area contributed by atoms with E-state index in [1.807, 2.05) is 0 Å². The van der Waals surface area contributed by atoms with Gasteiger partial charge in [-0.25, -0.2) is 0 Å². The molecule has 3 atom stereocenters. The van der Waals surface area contributed by atoms with Crippen molar-refractivity contribution >= 4 is 17.7 Å². The lowest BCUT2D eigenvalue weighted by atomic mass is 9.88. The molecule has 1 N–H and O–H groups in total. The predicted octanol–water partition coefficient (Wildman–Crippen LogP) is 1.37. The number of ether oxygens (including phenoxy) is 3. The highest BCUT2D eigenvalue weighted by Crippen LogP contribution is 2.36. The molecule has 0 heterocycles. The zero-order chi connectivity index (χ0) is 22.3. The van der Waals surface area contributed by atoms with Gasteiger partial charge < -0.3 is 19.5 Å². The molecule has 1 aromatic carbocycles. The largest absolute Gasteiger partial charge is 0.493 e. The Kier molecular flexibility index (Phi) is 8.14. The fourth-order valence-electron chi connectivity index (χ4n) is 3.63. The average Bonchev–Trinajstić information content (AvgIpc) is 2.96. The number of methoxy groups -OCH3 is 2. The Bertz CT molecular complexity index is 810. The summed E-state index contributed by atoms with van der Waals surface area (Å²) < 4.78 is 15.3. The Hall–Kier alpha value is -3.17. The second-order valence-corrected chi connectivity index (χ2v) is 7.26. The van der Waals surface area contributed by atoms with Gasteiger partial charge in [-0.1, -0.05) is 13.0 Å². The van der Waals surface area contributed by atoms with E-state index >= 15 is 0 Å². The first kappa shape index (κ1) is 23.1. The number of amides is 1. The number of carbonyl (C=O) groups excluding carboxylic acids is 3. The first-order chi connectivity index (χ1) is 14.2. The summed E-state index contributed by atoms with van der Waals surface area (Å²) in [5.74, 6) is -1.73. The molecule has 164 valence electrons. The van der Waals surface area contributed by atoms with E-state index in [4.69, 9.17) is 14.2 Å². The molecular weight excluding hydrogens is 396 g/mol. The summed E-state index contributed by atoms with van der Waals surface area (Å²) in [6.07, 6.45) is -0.0487. The van der Waals surface area contributed by atoms with Crippen molar-refractivity contribution in [3.8, 4) is 11.5 Å². The topological polar surface area (TPSA) is 134 Å². The van der Waals surface area contributed by atoms with Gasteiger partial charge in [0.1, 0.15) is 5.78 Å². The van der Waals surface area contributed by atoms with Gasteiger partial charge in [0, 0.05) is 29.7 Å². The van der Waals surface area contributed by atoms with Crippen molar-refractivity contribution in [2.75, 3.05) is 27.4 Å². The third-order valence-electron chi connectivity index (χ3n) is 5.23. The minimum Gasteiger partial charge on any atom is -0.493 e. The van der Waals surface area contributed by atoms with Gasteiger partial charge in [-0.05, 0) is 23.6 Å². The van der Waals surface area contributed by atoms with E-state index in [0.29, 0.717) is 11.5 Å². The van der Waals surface area contributed by atoms with E-state index in [0.717, 1.165) is 5.56 Å². The van der Waals surface area contributed by atoms with Crippen LogP contribution in [0.4, 0.5) is 0 Å². The van der Waals surface area contributed by atoms with Crippen molar-refractivity contribution in [3.05, 3.63) is 33.9 Å². The molecule has 1 aliphatic rings. The van der Waals surface area contributed by atoms with Gasteiger partial charge in [-0.3, -0.25) is 24.5 Å². The summed E-state index contributed by atoms with van der Waals surface area (Å²) >= 11 is 0. The smallest absolute Gasteiger partial charge is 0.307 e. The lowest BCUT2D eigenvalue weighted by molar-refractivity contribution is -0.490. The maximum Gasteiger partial charge on any atom is 0.307 e. The van der Waals surface area contributed by atoms with E-state index in [1.54, 1.807) is 25.1 Å². The number of Topliss-reactive ketones (excluding diaryl/α,β-unsaturated/α-hetero) is 1.